The van der Waals surface area contributed by atoms with Gasteiger partial charge in [-0.2, -0.15) is 0 Å². The highest BCUT2D eigenvalue weighted by Crippen LogP contribution is 2.24. The third-order valence-corrected chi connectivity index (χ3v) is 1.84. The van der Waals surface area contributed by atoms with Gasteiger partial charge in [-0.05, 0) is 7.05 Å². The Morgan fingerprint density at radius 1 is 1.60 bits per heavy atom. The number of rotatable bonds is 1. The van der Waals surface area contributed by atoms with Crippen molar-refractivity contribution in [2.75, 3.05) is 20.1 Å². The number of likely N-dealkylation sites (N-methyl/N-ethyl adjacent to an activating group) is 1. The Hall–Kier alpha value is -0.220. The minimum atomic E-state index is -2.53. The highest BCUT2D eigenvalue weighted by molar-refractivity contribution is 4.88. The fraction of sp³-hybridized carbons (Fsp3) is 1.00. The van der Waals surface area contributed by atoms with Crippen molar-refractivity contribution >= 4 is 0 Å². The van der Waals surface area contributed by atoms with Crippen molar-refractivity contribution in [1.82, 2.24) is 10.6 Å². The Labute approximate surface area is 59.0 Å². The highest BCUT2D eigenvalue weighted by atomic mass is 19.3. The van der Waals surface area contributed by atoms with Crippen molar-refractivity contribution in [2.45, 2.75) is 18.4 Å². The van der Waals surface area contributed by atoms with Crippen LogP contribution in [0.25, 0.3) is 0 Å². The van der Waals surface area contributed by atoms with Crippen LogP contribution in [0.3, 0.4) is 0 Å². The molecule has 4 heteroatoms. The Bertz CT molecular complexity index is 116. The lowest BCUT2D eigenvalue weighted by Gasteiger charge is -2.31. The lowest BCUT2D eigenvalue weighted by Crippen LogP contribution is -2.54. The zero-order valence-electron chi connectivity index (χ0n) is 5.95. The first kappa shape index (κ1) is 7.88. The van der Waals surface area contributed by atoms with Crippen LogP contribution in [0.2, 0.25) is 0 Å². The fourth-order valence-corrected chi connectivity index (χ4v) is 1.14. The van der Waals surface area contributed by atoms with Crippen LogP contribution < -0.4 is 10.6 Å². The average molecular weight is 150 g/mol. The van der Waals surface area contributed by atoms with Gasteiger partial charge < -0.3 is 10.6 Å². The summed E-state index contributed by atoms with van der Waals surface area (Å²) < 4.78 is 25.5. The second-order valence-electron chi connectivity index (χ2n) is 2.56. The second kappa shape index (κ2) is 2.80. The first-order valence-corrected chi connectivity index (χ1v) is 3.42. The summed E-state index contributed by atoms with van der Waals surface area (Å²) >= 11 is 0. The van der Waals surface area contributed by atoms with E-state index in [1.165, 1.54) is 0 Å². The third-order valence-electron chi connectivity index (χ3n) is 1.84. The first-order chi connectivity index (χ1) is 4.67. The molecule has 0 saturated carbocycles. The van der Waals surface area contributed by atoms with Crippen LogP contribution in [0.1, 0.15) is 6.42 Å². The Morgan fingerprint density at radius 3 is 2.70 bits per heavy atom. The van der Waals surface area contributed by atoms with Crippen LogP contribution in [-0.4, -0.2) is 32.1 Å². The predicted molar refractivity (Wildman–Crippen MR) is 35.3 cm³/mol. The van der Waals surface area contributed by atoms with E-state index in [9.17, 15) is 8.78 Å². The molecule has 1 aliphatic heterocycles. The van der Waals surface area contributed by atoms with E-state index >= 15 is 0 Å². The number of piperidine rings is 1. The molecule has 60 valence electrons. The summed E-state index contributed by atoms with van der Waals surface area (Å²) in [6.45, 7) is 0.786. The molecule has 0 bridgehead atoms. The van der Waals surface area contributed by atoms with Gasteiger partial charge in [0.2, 0.25) is 0 Å². The summed E-state index contributed by atoms with van der Waals surface area (Å²) in [6.07, 6.45) is -0.0570. The number of hydrogen-bond acceptors (Lipinski definition) is 2. The predicted octanol–water partition coefficient (Wildman–Crippen LogP) is 0.203. The molecule has 2 nitrogen and oxygen atoms in total. The molecule has 1 heterocycles. The van der Waals surface area contributed by atoms with Gasteiger partial charge >= 0.3 is 0 Å². The monoisotopic (exact) mass is 150 g/mol. The molecule has 1 fully saturated rings. The summed E-state index contributed by atoms with van der Waals surface area (Å²) in [6, 6.07) is -0.693. The molecule has 1 aliphatic rings. The van der Waals surface area contributed by atoms with Crippen LogP contribution >= 0.6 is 0 Å². The summed E-state index contributed by atoms with van der Waals surface area (Å²) in [5.74, 6) is -2.53. The van der Waals surface area contributed by atoms with Gasteiger partial charge in [0.05, 0.1) is 6.04 Å². The van der Waals surface area contributed by atoms with Crippen LogP contribution in [0.4, 0.5) is 8.78 Å². The molecule has 0 aromatic carbocycles. The number of alkyl halides is 2. The molecule has 2 N–H and O–H groups in total. The van der Waals surface area contributed by atoms with Crippen molar-refractivity contribution in [3.8, 4) is 0 Å². The van der Waals surface area contributed by atoms with Crippen LogP contribution in [0.15, 0.2) is 0 Å². The zero-order valence-corrected chi connectivity index (χ0v) is 5.95. The van der Waals surface area contributed by atoms with Crippen molar-refractivity contribution < 1.29 is 8.78 Å². The van der Waals surface area contributed by atoms with E-state index in [1.807, 2.05) is 0 Å². The smallest absolute Gasteiger partial charge is 0.265 e. The van der Waals surface area contributed by atoms with E-state index in [-0.39, 0.29) is 6.42 Å². The molecule has 1 atom stereocenters. The topological polar surface area (TPSA) is 24.1 Å². The molecule has 10 heavy (non-hydrogen) atoms. The molecule has 0 radical (unpaired) electrons. The summed E-state index contributed by atoms with van der Waals surface area (Å²) in [5.41, 5.74) is 0. The van der Waals surface area contributed by atoms with E-state index in [0.29, 0.717) is 13.1 Å². The molecule has 0 aliphatic carbocycles. The van der Waals surface area contributed by atoms with Gasteiger partial charge in [-0.3, -0.25) is 0 Å². The molecule has 1 rings (SSSR count). The second-order valence-corrected chi connectivity index (χ2v) is 2.56. The van der Waals surface area contributed by atoms with E-state index in [0.717, 1.165) is 0 Å². The normalized spacial score (nSPS) is 32.1. The van der Waals surface area contributed by atoms with E-state index in [2.05, 4.69) is 10.6 Å². The van der Waals surface area contributed by atoms with E-state index in [4.69, 9.17) is 0 Å². The van der Waals surface area contributed by atoms with E-state index in [1.54, 1.807) is 7.05 Å². The number of halogens is 2. The van der Waals surface area contributed by atoms with Gasteiger partial charge in [-0.25, -0.2) is 8.78 Å². The Kier molecular flexibility index (Phi) is 2.21. The maximum Gasteiger partial charge on any atom is 0.265 e. The highest BCUT2D eigenvalue weighted by Gasteiger charge is 2.40. The van der Waals surface area contributed by atoms with Gasteiger partial charge in [0, 0.05) is 19.5 Å². The minimum Gasteiger partial charge on any atom is -0.315 e. The maximum absolute atomic E-state index is 12.8. The maximum atomic E-state index is 12.8. The quantitative estimate of drug-likeness (QED) is 0.558. The van der Waals surface area contributed by atoms with Gasteiger partial charge in [0.25, 0.3) is 5.92 Å². The van der Waals surface area contributed by atoms with Crippen LogP contribution in [-0.2, 0) is 0 Å². The molecular weight excluding hydrogens is 138 g/mol. The Morgan fingerprint density at radius 2 is 2.30 bits per heavy atom. The van der Waals surface area contributed by atoms with Crippen LogP contribution in [0.5, 0.6) is 0 Å². The molecule has 0 aromatic rings. The van der Waals surface area contributed by atoms with Crippen molar-refractivity contribution in [1.29, 1.82) is 0 Å². The van der Waals surface area contributed by atoms with Gasteiger partial charge in [-0.15, -0.1) is 0 Å². The molecular formula is C6H12F2N2. The van der Waals surface area contributed by atoms with Gasteiger partial charge in [-0.1, -0.05) is 0 Å². The Balaban J connectivity index is 2.51. The molecule has 0 spiro atoms. The first-order valence-electron chi connectivity index (χ1n) is 3.42. The van der Waals surface area contributed by atoms with Crippen LogP contribution in [0, 0.1) is 0 Å². The number of hydrogen-bond donors (Lipinski definition) is 2. The molecule has 1 saturated heterocycles. The number of nitrogens with one attached hydrogen (secondary N) is 2. The largest absolute Gasteiger partial charge is 0.315 e. The molecule has 0 aromatic heterocycles. The van der Waals surface area contributed by atoms with Gasteiger partial charge in [0.1, 0.15) is 0 Å². The van der Waals surface area contributed by atoms with E-state index < -0.39 is 12.0 Å². The lowest BCUT2D eigenvalue weighted by atomic mass is 10.0. The summed E-state index contributed by atoms with van der Waals surface area (Å²) in [4.78, 5) is 0. The lowest BCUT2D eigenvalue weighted by molar-refractivity contribution is -0.0544. The van der Waals surface area contributed by atoms with Crippen molar-refractivity contribution in [3.05, 3.63) is 0 Å². The van der Waals surface area contributed by atoms with Gasteiger partial charge in [0.15, 0.2) is 0 Å². The zero-order chi connectivity index (χ0) is 7.61. The van der Waals surface area contributed by atoms with Crippen molar-refractivity contribution in [2.24, 2.45) is 0 Å². The summed E-state index contributed by atoms with van der Waals surface area (Å²) in [7, 11) is 1.56. The third kappa shape index (κ3) is 1.44. The van der Waals surface area contributed by atoms with Crippen molar-refractivity contribution in [3.63, 3.8) is 0 Å². The minimum absolute atomic E-state index is 0.0570. The standard InChI is InChI=1S/C6H12F2N2/c1-9-5-4-10-3-2-6(5,7)8/h5,9-10H,2-4H2,1H3. The average Bonchev–Trinajstić information content (AvgIpc) is 1.87. The summed E-state index contributed by atoms with van der Waals surface area (Å²) in [5, 5.41) is 5.48. The molecule has 0 amide bonds. The SMILES string of the molecule is CNC1CNCCC1(F)F. The fourth-order valence-electron chi connectivity index (χ4n) is 1.14. The molecule has 1 unspecified atom stereocenters.